The maximum atomic E-state index is 5.29. The predicted molar refractivity (Wildman–Crippen MR) is 140 cm³/mol. The largest absolute Gasteiger partial charge is 4.00 e. The number of fused-ring (bicyclic) bond motifs is 2. The zero-order valence-electron chi connectivity index (χ0n) is 21.4. The standard InChI is InChI=1S/2C16H17O.2ClH.Zr/c2*1-17-16-8-4-7-14(11-16)15-9-12-5-2-3-6-13(12)10-15;;;/h2*2-5,7-9,11,13,15H,6,10H2,1H3;2*1H;/q2*-1;;;+4/p-2. The van der Waals surface area contributed by atoms with Crippen molar-refractivity contribution in [3.05, 3.63) is 120 Å². The van der Waals surface area contributed by atoms with Crippen molar-refractivity contribution in [1.82, 2.24) is 0 Å². The fraction of sp³-hybridized carbons (Fsp3) is 0.312. The van der Waals surface area contributed by atoms with E-state index in [0.717, 1.165) is 23.3 Å². The van der Waals surface area contributed by atoms with Crippen molar-refractivity contribution in [2.75, 3.05) is 14.2 Å². The number of methoxy groups -OCH3 is 2. The van der Waals surface area contributed by atoms with Crippen molar-refractivity contribution >= 4 is 0 Å². The molecular weight excluding hydrogens is 578 g/mol. The van der Waals surface area contributed by atoms with E-state index in [1.165, 1.54) is 48.0 Å². The number of rotatable bonds is 4. The zero-order chi connectivity index (χ0) is 23.3. The van der Waals surface area contributed by atoms with Gasteiger partial charge in [0.25, 0.3) is 0 Å². The molecule has 2 nitrogen and oxygen atoms in total. The first-order valence-electron chi connectivity index (χ1n) is 12.4. The number of halogens is 2. The average Bonchev–Trinajstić information content (AvgIpc) is 3.54. The van der Waals surface area contributed by atoms with Gasteiger partial charge < -0.3 is 34.3 Å². The second kappa shape index (κ2) is 15.0. The molecule has 0 N–H and O–H groups in total. The van der Waals surface area contributed by atoms with Crippen LogP contribution in [-0.4, -0.2) is 14.2 Å². The minimum Gasteiger partial charge on any atom is -1.00 e. The molecule has 2 aromatic rings. The van der Waals surface area contributed by atoms with Crippen LogP contribution in [0.15, 0.2) is 96.1 Å². The van der Waals surface area contributed by atoms with Gasteiger partial charge in [0.2, 0.25) is 0 Å². The Labute approximate surface area is 254 Å². The summed E-state index contributed by atoms with van der Waals surface area (Å²) in [4.78, 5) is 0. The molecule has 4 aliphatic rings. The number of ether oxygens (including phenoxy) is 2. The van der Waals surface area contributed by atoms with Gasteiger partial charge in [0, 0.05) is 0 Å². The van der Waals surface area contributed by atoms with Gasteiger partial charge in [-0.15, -0.1) is 24.3 Å². The third kappa shape index (κ3) is 7.63. The summed E-state index contributed by atoms with van der Waals surface area (Å²) in [6.07, 6.45) is 23.1. The minimum atomic E-state index is 0. The van der Waals surface area contributed by atoms with Crippen molar-refractivity contribution in [2.24, 2.45) is 11.8 Å². The Hall–Kier alpha value is -1.80. The maximum absolute atomic E-state index is 5.29. The van der Waals surface area contributed by atoms with Gasteiger partial charge in [0.1, 0.15) is 11.5 Å². The van der Waals surface area contributed by atoms with Crippen LogP contribution in [0.25, 0.3) is 0 Å². The maximum Gasteiger partial charge on any atom is 4.00 e. The molecule has 4 unspecified atom stereocenters. The van der Waals surface area contributed by atoms with E-state index < -0.39 is 0 Å². The molecule has 6 rings (SSSR count). The Kier molecular flexibility index (Phi) is 12.7. The predicted octanol–water partition coefficient (Wildman–Crippen LogP) is 1.78. The molecule has 2 fully saturated rings. The van der Waals surface area contributed by atoms with Crippen molar-refractivity contribution in [3.63, 3.8) is 0 Å². The average molecular weight is 613 g/mol. The Bertz CT molecular complexity index is 1050. The fourth-order valence-electron chi connectivity index (χ4n) is 5.66. The van der Waals surface area contributed by atoms with Crippen molar-refractivity contribution < 1.29 is 60.5 Å². The van der Waals surface area contributed by atoms with Crippen molar-refractivity contribution in [3.8, 4) is 11.5 Å². The zero-order valence-corrected chi connectivity index (χ0v) is 25.4. The second-order valence-corrected chi connectivity index (χ2v) is 9.63. The smallest absolute Gasteiger partial charge is 1.00 e. The number of benzene rings is 2. The third-order valence-electron chi connectivity index (χ3n) is 7.54. The topological polar surface area (TPSA) is 18.5 Å². The van der Waals surface area contributed by atoms with E-state index in [1.54, 1.807) is 14.2 Å². The minimum absolute atomic E-state index is 0. The van der Waals surface area contributed by atoms with Crippen molar-refractivity contribution in [1.29, 1.82) is 0 Å². The number of hydrogen-bond acceptors (Lipinski definition) is 2. The van der Waals surface area contributed by atoms with E-state index in [1.807, 2.05) is 12.1 Å². The molecule has 0 radical (unpaired) electrons. The first kappa shape index (κ1) is 31.4. The van der Waals surface area contributed by atoms with Gasteiger partial charge in [0.05, 0.1) is 14.2 Å². The van der Waals surface area contributed by atoms with Crippen LogP contribution >= 0.6 is 0 Å². The normalized spacial score (nSPS) is 23.9. The Morgan fingerprint density at radius 1 is 0.676 bits per heavy atom. The van der Waals surface area contributed by atoms with Gasteiger partial charge in [-0.1, -0.05) is 60.1 Å². The van der Waals surface area contributed by atoms with Gasteiger partial charge in [-0.25, -0.2) is 36.1 Å². The van der Waals surface area contributed by atoms with Gasteiger partial charge in [-0.2, -0.15) is 0 Å². The second-order valence-electron chi connectivity index (χ2n) is 9.63. The SMILES string of the molecule is COc1cccc(C2[CH-]C3=CC=CCC3C2)c1.COc1cccc(C2[CH-]C3=CC=CCC3C2)c1.[Cl-].[Cl-].[Zr+4]. The quantitative estimate of drug-likeness (QED) is 0.491. The van der Waals surface area contributed by atoms with Crippen LogP contribution in [0.4, 0.5) is 0 Å². The van der Waals surface area contributed by atoms with E-state index in [2.05, 4.69) is 85.7 Å². The van der Waals surface area contributed by atoms with Crippen LogP contribution in [0.3, 0.4) is 0 Å². The van der Waals surface area contributed by atoms with Crippen molar-refractivity contribution in [2.45, 2.75) is 37.5 Å². The Morgan fingerprint density at radius 2 is 1.11 bits per heavy atom. The molecule has 4 aliphatic carbocycles. The molecule has 0 heterocycles. The molecule has 0 bridgehead atoms. The molecule has 4 atom stereocenters. The summed E-state index contributed by atoms with van der Waals surface area (Å²) >= 11 is 0. The first-order chi connectivity index (χ1) is 16.7. The summed E-state index contributed by atoms with van der Waals surface area (Å²) in [7, 11) is 3.45. The first-order valence-corrected chi connectivity index (χ1v) is 12.4. The van der Waals surface area contributed by atoms with E-state index in [9.17, 15) is 0 Å². The summed E-state index contributed by atoms with van der Waals surface area (Å²) in [5.41, 5.74) is 5.78. The molecule has 37 heavy (non-hydrogen) atoms. The van der Waals surface area contributed by atoms with E-state index in [-0.39, 0.29) is 51.0 Å². The molecule has 0 saturated heterocycles. The molecule has 0 spiro atoms. The Balaban J connectivity index is 0.000000241. The summed E-state index contributed by atoms with van der Waals surface area (Å²) in [6.45, 7) is 0. The summed E-state index contributed by atoms with van der Waals surface area (Å²) < 4.78 is 10.6. The molecular formula is C32H34Cl2O2Zr. The Morgan fingerprint density at radius 3 is 1.49 bits per heavy atom. The van der Waals surface area contributed by atoms with Crippen LogP contribution in [0.5, 0.6) is 11.5 Å². The molecule has 0 aliphatic heterocycles. The van der Waals surface area contributed by atoms with E-state index in [0.29, 0.717) is 11.8 Å². The molecule has 192 valence electrons. The fourth-order valence-corrected chi connectivity index (χ4v) is 5.66. The third-order valence-corrected chi connectivity index (χ3v) is 7.54. The van der Waals surface area contributed by atoms with Gasteiger partial charge >= 0.3 is 26.2 Å². The summed E-state index contributed by atoms with van der Waals surface area (Å²) in [6, 6.07) is 16.9. The summed E-state index contributed by atoms with van der Waals surface area (Å²) in [5.74, 6) is 4.49. The van der Waals surface area contributed by atoms with Gasteiger partial charge in [-0.05, 0) is 48.9 Å². The number of hydrogen-bond donors (Lipinski definition) is 0. The monoisotopic (exact) mass is 610 g/mol. The molecule has 0 amide bonds. The van der Waals surface area contributed by atoms with Gasteiger partial charge in [-0.3, -0.25) is 0 Å². The molecule has 0 aromatic heterocycles. The van der Waals surface area contributed by atoms with E-state index >= 15 is 0 Å². The van der Waals surface area contributed by atoms with E-state index in [4.69, 9.17) is 9.47 Å². The molecule has 2 aromatic carbocycles. The van der Waals surface area contributed by atoms with Crippen LogP contribution in [0.1, 0.15) is 48.6 Å². The van der Waals surface area contributed by atoms with Crippen LogP contribution in [-0.2, 0) is 26.2 Å². The van der Waals surface area contributed by atoms with Crippen LogP contribution in [0, 0.1) is 24.7 Å². The molecule has 5 heteroatoms. The van der Waals surface area contributed by atoms with Crippen LogP contribution < -0.4 is 34.3 Å². The van der Waals surface area contributed by atoms with Crippen LogP contribution in [0.2, 0.25) is 0 Å². The number of allylic oxidation sites excluding steroid dienone is 8. The summed E-state index contributed by atoms with van der Waals surface area (Å²) in [5, 5.41) is 0. The molecule has 2 saturated carbocycles. The van der Waals surface area contributed by atoms with Gasteiger partial charge in [0.15, 0.2) is 0 Å².